The Labute approximate surface area is 170 Å². The van der Waals surface area contributed by atoms with Crippen LogP contribution in [0.3, 0.4) is 0 Å². The van der Waals surface area contributed by atoms with Crippen molar-refractivity contribution in [2.24, 2.45) is 0 Å². The highest BCUT2D eigenvalue weighted by Crippen LogP contribution is 2.37. The molecule has 27 heavy (non-hydrogen) atoms. The Bertz CT molecular complexity index is 439. The van der Waals surface area contributed by atoms with E-state index in [-0.39, 0.29) is 0 Å². The summed E-state index contributed by atoms with van der Waals surface area (Å²) >= 11 is 0. The maximum absolute atomic E-state index is 10.9. The van der Waals surface area contributed by atoms with Crippen LogP contribution in [0.4, 0.5) is 0 Å². The van der Waals surface area contributed by atoms with Crippen molar-refractivity contribution in [2.45, 2.75) is 129 Å². The van der Waals surface area contributed by atoms with Crippen LogP contribution < -0.4 is 0 Å². The van der Waals surface area contributed by atoms with Crippen LogP contribution in [0.5, 0.6) is 5.75 Å². The highest BCUT2D eigenvalue weighted by molar-refractivity contribution is 5.44. The molecule has 0 unspecified atom stereocenters. The zero-order chi connectivity index (χ0) is 19.9. The van der Waals surface area contributed by atoms with E-state index in [1.165, 1.54) is 89.9 Å². The average molecular weight is 375 g/mol. The first-order valence-electron chi connectivity index (χ1n) is 11.9. The van der Waals surface area contributed by atoms with Gasteiger partial charge in [0.2, 0.25) is 0 Å². The van der Waals surface area contributed by atoms with Gasteiger partial charge in [-0.25, -0.2) is 0 Å². The summed E-state index contributed by atoms with van der Waals surface area (Å²) in [7, 11) is 0. The molecule has 0 radical (unpaired) electrons. The number of hydrogen-bond donors (Lipinski definition) is 1. The molecule has 1 aromatic rings. The summed E-state index contributed by atoms with van der Waals surface area (Å²) in [6.45, 7) is 9.10. The molecule has 1 nitrogen and oxygen atoms in total. The third-order valence-corrected chi connectivity index (χ3v) is 6.14. The Balaban J connectivity index is 2.44. The monoisotopic (exact) mass is 374 g/mol. The van der Waals surface area contributed by atoms with Crippen LogP contribution in [0.25, 0.3) is 0 Å². The second-order valence-corrected chi connectivity index (χ2v) is 8.70. The van der Waals surface area contributed by atoms with Crippen molar-refractivity contribution < 1.29 is 5.11 Å². The Morgan fingerprint density at radius 3 is 1.41 bits per heavy atom. The molecular weight excluding hydrogens is 328 g/mol. The van der Waals surface area contributed by atoms with Gasteiger partial charge in [-0.1, -0.05) is 123 Å². The Kier molecular flexibility index (Phi) is 13.4. The molecule has 0 aromatic heterocycles. The molecule has 0 aliphatic heterocycles. The first kappa shape index (κ1) is 24.1. The van der Waals surface area contributed by atoms with Crippen LogP contribution in [0.1, 0.15) is 141 Å². The van der Waals surface area contributed by atoms with Gasteiger partial charge in [0, 0.05) is 0 Å². The predicted octanol–water partition coefficient (Wildman–Crippen LogP) is 9.10. The fraction of sp³-hybridized carbons (Fsp3) is 0.769. The van der Waals surface area contributed by atoms with Crippen molar-refractivity contribution in [3.63, 3.8) is 0 Å². The van der Waals surface area contributed by atoms with Crippen molar-refractivity contribution in [3.05, 3.63) is 29.3 Å². The summed E-state index contributed by atoms with van der Waals surface area (Å²) < 4.78 is 0. The van der Waals surface area contributed by atoms with Crippen LogP contribution >= 0.6 is 0 Å². The molecule has 156 valence electrons. The lowest BCUT2D eigenvalue weighted by Crippen LogP contribution is -2.00. The molecule has 0 amide bonds. The van der Waals surface area contributed by atoms with E-state index in [0.29, 0.717) is 17.6 Å². The molecule has 0 saturated heterocycles. The second-order valence-electron chi connectivity index (χ2n) is 8.70. The van der Waals surface area contributed by atoms with Crippen molar-refractivity contribution in [1.82, 2.24) is 0 Å². The SMILES string of the molecule is CCCCCCCC[C@@H](C)c1cccc([C@@H](C)CCCCCCCC)c1O. The largest absolute Gasteiger partial charge is 0.507 e. The number of phenolic OH excluding ortho intramolecular Hbond substituents is 1. The van der Waals surface area contributed by atoms with Crippen LogP contribution in [-0.4, -0.2) is 5.11 Å². The number of para-hydroxylation sites is 1. The maximum atomic E-state index is 10.9. The van der Waals surface area contributed by atoms with Gasteiger partial charge in [0.05, 0.1) is 0 Å². The zero-order valence-electron chi connectivity index (χ0n) is 18.7. The first-order valence-corrected chi connectivity index (χ1v) is 11.9. The molecule has 1 rings (SSSR count). The normalized spacial score (nSPS) is 13.6. The molecular formula is C26H46O. The topological polar surface area (TPSA) is 20.2 Å². The minimum Gasteiger partial charge on any atom is -0.507 e. The first-order chi connectivity index (χ1) is 13.1. The minimum atomic E-state index is 0.456. The van der Waals surface area contributed by atoms with E-state index in [4.69, 9.17) is 0 Å². The molecule has 0 saturated carbocycles. The standard InChI is InChI=1S/C26H46O/c1-5-7-9-11-13-15-18-22(3)24-20-17-21-25(26(24)27)23(4)19-16-14-12-10-8-6-2/h17,20-23,27H,5-16,18-19H2,1-4H3/t22-,23+. The number of aromatic hydroxyl groups is 1. The Hall–Kier alpha value is -0.980. The van der Waals surface area contributed by atoms with Gasteiger partial charge in [-0.3, -0.25) is 0 Å². The Morgan fingerprint density at radius 1 is 0.630 bits per heavy atom. The molecule has 0 heterocycles. The molecule has 0 aliphatic carbocycles. The van der Waals surface area contributed by atoms with Gasteiger partial charge >= 0.3 is 0 Å². The van der Waals surface area contributed by atoms with Crippen molar-refractivity contribution in [3.8, 4) is 5.75 Å². The third kappa shape index (κ3) is 9.67. The van der Waals surface area contributed by atoms with E-state index < -0.39 is 0 Å². The lowest BCUT2D eigenvalue weighted by Gasteiger charge is -2.19. The highest BCUT2D eigenvalue weighted by Gasteiger charge is 2.16. The van der Waals surface area contributed by atoms with Gasteiger partial charge in [-0.2, -0.15) is 0 Å². The smallest absolute Gasteiger partial charge is 0.122 e. The number of benzene rings is 1. The number of phenols is 1. The van der Waals surface area contributed by atoms with Gasteiger partial charge in [0.25, 0.3) is 0 Å². The summed E-state index contributed by atoms with van der Waals surface area (Å²) in [4.78, 5) is 0. The quantitative estimate of drug-likeness (QED) is 0.286. The third-order valence-electron chi connectivity index (χ3n) is 6.14. The van der Waals surface area contributed by atoms with Crippen LogP contribution in [-0.2, 0) is 0 Å². The fourth-order valence-electron chi connectivity index (χ4n) is 4.15. The summed E-state index contributed by atoms with van der Waals surface area (Å²) in [5.41, 5.74) is 2.33. The minimum absolute atomic E-state index is 0.456. The van der Waals surface area contributed by atoms with E-state index in [1.807, 2.05) is 0 Å². The predicted molar refractivity (Wildman–Crippen MR) is 121 cm³/mol. The van der Waals surface area contributed by atoms with Gasteiger partial charge < -0.3 is 5.11 Å². The summed E-state index contributed by atoms with van der Waals surface area (Å²) in [5.74, 6) is 1.49. The van der Waals surface area contributed by atoms with E-state index in [1.54, 1.807) is 0 Å². The molecule has 0 aliphatic rings. The van der Waals surface area contributed by atoms with E-state index in [0.717, 1.165) is 11.1 Å². The van der Waals surface area contributed by atoms with Gasteiger partial charge in [-0.05, 0) is 35.8 Å². The highest BCUT2D eigenvalue weighted by atomic mass is 16.3. The second kappa shape index (κ2) is 15.0. The summed E-state index contributed by atoms with van der Waals surface area (Å²) in [6, 6.07) is 6.43. The fourth-order valence-corrected chi connectivity index (χ4v) is 4.15. The number of hydrogen-bond acceptors (Lipinski definition) is 1. The van der Waals surface area contributed by atoms with Gasteiger partial charge in [0.15, 0.2) is 0 Å². The number of unbranched alkanes of at least 4 members (excludes halogenated alkanes) is 10. The average Bonchev–Trinajstić information content (AvgIpc) is 2.67. The van der Waals surface area contributed by atoms with E-state index in [9.17, 15) is 5.11 Å². The molecule has 2 atom stereocenters. The molecule has 0 fully saturated rings. The summed E-state index contributed by atoms with van der Waals surface area (Å²) in [5, 5.41) is 10.9. The molecule has 1 aromatic carbocycles. The maximum Gasteiger partial charge on any atom is 0.122 e. The lowest BCUT2D eigenvalue weighted by atomic mass is 9.87. The molecule has 1 heteroatoms. The van der Waals surface area contributed by atoms with Gasteiger partial charge in [-0.15, -0.1) is 0 Å². The van der Waals surface area contributed by atoms with Crippen LogP contribution in [0.15, 0.2) is 18.2 Å². The van der Waals surface area contributed by atoms with Crippen molar-refractivity contribution in [2.75, 3.05) is 0 Å². The summed E-state index contributed by atoms with van der Waals surface area (Å²) in [6.07, 6.45) is 18.4. The van der Waals surface area contributed by atoms with Crippen LogP contribution in [0.2, 0.25) is 0 Å². The van der Waals surface area contributed by atoms with E-state index >= 15 is 0 Å². The zero-order valence-corrected chi connectivity index (χ0v) is 18.7. The Morgan fingerprint density at radius 2 is 1.00 bits per heavy atom. The van der Waals surface area contributed by atoms with Crippen molar-refractivity contribution in [1.29, 1.82) is 0 Å². The molecule has 0 bridgehead atoms. The molecule has 0 spiro atoms. The van der Waals surface area contributed by atoms with Gasteiger partial charge in [0.1, 0.15) is 5.75 Å². The van der Waals surface area contributed by atoms with E-state index in [2.05, 4.69) is 45.9 Å². The van der Waals surface area contributed by atoms with Crippen LogP contribution in [0, 0.1) is 0 Å². The van der Waals surface area contributed by atoms with Crippen molar-refractivity contribution >= 4 is 0 Å². The lowest BCUT2D eigenvalue weighted by molar-refractivity contribution is 0.441. The number of rotatable bonds is 16. The molecule has 1 N–H and O–H groups in total.